The first-order valence-electron chi connectivity index (χ1n) is 7.63. The van der Waals surface area contributed by atoms with E-state index >= 15 is 0 Å². The smallest absolute Gasteiger partial charge is 0.251 e. The van der Waals surface area contributed by atoms with E-state index in [0.29, 0.717) is 29.5 Å². The van der Waals surface area contributed by atoms with E-state index in [9.17, 15) is 4.79 Å². The predicted molar refractivity (Wildman–Crippen MR) is 90.3 cm³/mol. The Morgan fingerprint density at radius 1 is 1.29 bits per heavy atom. The molecule has 3 rings (SSSR count). The number of rotatable bonds is 5. The Kier molecular flexibility index (Phi) is 5.35. The third-order valence-corrected chi connectivity index (χ3v) is 3.90. The van der Waals surface area contributed by atoms with Crippen LogP contribution in [0.25, 0.3) is 0 Å². The van der Waals surface area contributed by atoms with Crippen molar-refractivity contribution in [1.82, 2.24) is 5.32 Å². The fraction of sp³-hybridized carbons (Fsp3) is 0.278. The molecule has 0 aromatic heterocycles. The molecule has 0 radical (unpaired) electrons. The van der Waals surface area contributed by atoms with Gasteiger partial charge >= 0.3 is 0 Å². The molecule has 1 amide bonds. The Morgan fingerprint density at radius 2 is 2.08 bits per heavy atom. The summed E-state index contributed by atoms with van der Waals surface area (Å²) in [7, 11) is 1.59. The topological polar surface area (TPSA) is 56.8 Å². The van der Waals surface area contributed by atoms with Crippen LogP contribution in [0.4, 0.5) is 0 Å². The zero-order valence-electron chi connectivity index (χ0n) is 13.2. The lowest BCUT2D eigenvalue weighted by molar-refractivity contribution is -0.0659. The number of hydrogen-bond donors (Lipinski definition) is 1. The molecule has 1 aliphatic heterocycles. The van der Waals surface area contributed by atoms with E-state index in [1.54, 1.807) is 43.4 Å². The van der Waals surface area contributed by atoms with E-state index in [1.807, 2.05) is 12.1 Å². The third kappa shape index (κ3) is 4.06. The van der Waals surface area contributed by atoms with E-state index in [2.05, 4.69) is 5.32 Å². The Labute approximate surface area is 145 Å². The summed E-state index contributed by atoms with van der Waals surface area (Å²) in [6.45, 7) is 0.795. The minimum Gasteiger partial charge on any atom is -0.491 e. The second-order valence-corrected chi connectivity index (χ2v) is 5.83. The van der Waals surface area contributed by atoms with Crippen molar-refractivity contribution in [3.8, 4) is 5.75 Å². The maximum absolute atomic E-state index is 11.6. The van der Waals surface area contributed by atoms with E-state index in [4.69, 9.17) is 25.8 Å². The van der Waals surface area contributed by atoms with Crippen LogP contribution in [-0.4, -0.2) is 32.3 Å². The zero-order chi connectivity index (χ0) is 16.9. The van der Waals surface area contributed by atoms with Crippen molar-refractivity contribution in [2.45, 2.75) is 12.4 Å². The standard InChI is InChI=1S/C18H18ClNO4/c1-20-17(21)13-3-2-4-15(9-13)22-10-16-11-23-18(24-16)12-5-7-14(19)8-6-12/h2-9,16,18H,10-11H2,1H3,(H,20,21)/t16-,18+/m1/s1. The predicted octanol–water partition coefficient (Wildman–Crippen LogP) is 3.19. The fourth-order valence-corrected chi connectivity index (χ4v) is 2.52. The van der Waals surface area contributed by atoms with Crippen molar-refractivity contribution in [3.63, 3.8) is 0 Å². The molecular weight excluding hydrogens is 330 g/mol. The maximum atomic E-state index is 11.6. The summed E-state index contributed by atoms with van der Waals surface area (Å²) in [5.74, 6) is 0.471. The van der Waals surface area contributed by atoms with Gasteiger partial charge < -0.3 is 19.5 Å². The van der Waals surface area contributed by atoms with E-state index in [-0.39, 0.29) is 12.0 Å². The Morgan fingerprint density at radius 3 is 2.83 bits per heavy atom. The van der Waals surface area contributed by atoms with Crippen LogP contribution in [0.15, 0.2) is 48.5 Å². The van der Waals surface area contributed by atoms with Gasteiger partial charge in [-0.2, -0.15) is 0 Å². The molecule has 1 heterocycles. The Balaban J connectivity index is 1.54. The number of nitrogens with one attached hydrogen (secondary N) is 1. The first-order chi connectivity index (χ1) is 11.7. The zero-order valence-corrected chi connectivity index (χ0v) is 14.0. The Hall–Kier alpha value is -2.08. The molecule has 2 atom stereocenters. The molecule has 0 saturated carbocycles. The number of amides is 1. The summed E-state index contributed by atoms with van der Waals surface area (Å²) in [5.41, 5.74) is 1.47. The van der Waals surface area contributed by atoms with Gasteiger partial charge in [0.25, 0.3) is 5.91 Å². The van der Waals surface area contributed by atoms with Crippen LogP contribution < -0.4 is 10.1 Å². The summed E-state index contributed by atoms with van der Waals surface area (Å²) in [6.07, 6.45) is -0.581. The van der Waals surface area contributed by atoms with Gasteiger partial charge in [0.15, 0.2) is 6.29 Å². The number of hydrogen-bond acceptors (Lipinski definition) is 4. The van der Waals surface area contributed by atoms with Crippen molar-refractivity contribution >= 4 is 17.5 Å². The molecule has 2 aromatic rings. The Bertz CT molecular complexity index is 704. The van der Waals surface area contributed by atoms with E-state index in [0.717, 1.165) is 5.56 Å². The van der Waals surface area contributed by atoms with Crippen LogP contribution in [-0.2, 0) is 9.47 Å². The molecule has 1 saturated heterocycles. The molecule has 0 unspecified atom stereocenters. The normalized spacial score (nSPS) is 19.9. The van der Waals surface area contributed by atoms with Crippen LogP contribution in [0.2, 0.25) is 5.02 Å². The molecule has 0 aliphatic carbocycles. The van der Waals surface area contributed by atoms with Crippen molar-refractivity contribution in [2.75, 3.05) is 20.3 Å². The molecule has 1 N–H and O–H groups in total. The quantitative estimate of drug-likeness (QED) is 0.902. The van der Waals surface area contributed by atoms with Crippen LogP contribution in [0.3, 0.4) is 0 Å². The van der Waals surface area contributed by atoms with Crippen LogP contribution in [0.5, 0.6) is 5.75 Å². The minimum absolute atomic E-state index is 0.149. The van der Waals surface area contributed by atoms with E-state index < -0.39 is 6.29 Å². The highest BCUT2D eigenvalue weighted by molar-refractivity contribution is 6.30. The minimum atomic E-state index is -0.409. The maximum Gasteiger partial charge on any atom is 0.251 e. The van der Waals surface area contributed by atoms with Gasteiger partial charge in [-0.3, -0.25) is 4.79 Å². The molecule has 0 spiro atoms. The van der Waals surface area contributed by atoms with Crippen LogP contribution in [0.1, 0.15) is 22.2 Å². The lowest BCUT2D eigenvalue weighted by Gasteiger charge is -2.13. The molecule has 6 heteroatoms. The number of halogens is 1. The second kappa shape index (κ2) is 7.66. The van der Waals surface area contributed by atoms with E-state index in [1.165, 1.54) is 0 Å². The highest BCUT2D eigenvalue weighted by atomic mass is 35.5. The molecular formula is C18H18ClNO4. The number of carbonyl (C=O) groups excluding carboxylic acids is 1. The molecule has 1 fully saturated rings. The fourth-order valence-electron chi connectivity index (χ4n) is 2.39. The van der Waals surface area contributed by atoms with Crippen molar-refractivity contribution in [2.24, 2.45) is 0 Å². The van der Waals surface area contributed by atoms with Gasteiger partial charge in [-0.05, 0) is 30.3 Å². The summed E-state index contributed by atoms with van der Waals surface area (Å²) in [6, 6.07) is 14.4. The van der Waals surface area contributed by atoms with Gasteiger partial charge in [-0.25, -0.2) is 0 Å². The summed E-state index contributed by atoms with van der Waals surface area (Å²) in [5, 5.41) is 3.26. The summed E-state index contributed by atoms with van der Waals surface area (Å²) < 4.78 is 17.2. The van der Waals surface area contributed by atoms with Crippen molar-refractivity contribution < 1.29 is 19.0 Å². The van der Waals surface area contributed by atoms with Gasteiger partial charge in [0.1, 0.15) is 18.5 Å². The average Bonchev–Trinajstić information content (AvgIpc) is 3.09. The summed E-state index contributed by atoms with van der Waals surface area (Å²) >= 11 is 5.88. The first-order valence-corrected chi connectivity index (χ1v) is 8.01. The van der Waals surface area contributed by atoms with Gasteiger partial charge in [-0.1, -0.05) is 29.8 Å². The highest BCUT2D eigenvalue weighted by Crippen LogP contribution is 2.28. The SMILES string of the molecule is CNC(=O)c1cccc(OC[C@@H]2CO[C@H](c3ccc(Cl)cc3)O2)c1. The molecule has 5 nitrogen and oxygen atoms in total. The number of benzene rings is 2. The first kappa shape index (κ1) is 16.8. The van der Waals surface area contributed by atoms with Crippen molar-refractivity contribution in [3.05, 3.63) is 64.7 Å². The van der Waals surface area contributed by atoms with Crippen LogP contribution >= 0.6 is 11.6 Å². The summed E-state index contributed by atoms with van der Waals surface area (Å²) in [4.78, 5) is 11.6. The number of ether oxygens (including phenoxy) is 3. The van der Waals surface area contributed by atoms with Crippen molar-refractivity contribution in [1.29, 1.82) is 0 Å². The number of carbonyl (C=O) groups is 1. The molecule has 24 heavy (non-hydrogen) atoms. The lowest BCUT2D eigenvalue weighted by atomic mass is 10.2. The monoisotopic (exact) mass is 347 g/mol. The largest absolute Gasteiger partial charge is 0.491 e. The van der Waals surface area contributed by atoms with Gasteiger partial charge in [0.2, 0.25) is 0 Å². The second-order valence-electron chi connectivity index (χ2n) is 5.39. The van der Waals surface area contributed by atoms with Gasteiger partial charge in [-0.15, -0.1) is 0 Å². The third-order valence-electron chi connectivity index (χ3n) is 3.65. The molecule has 0 bridgehead atoms. The highest BCUT2D eigenvalue weighted by Gasteiger charge is 2.27. The van der Waals surface area contributed by atoms with Gasteiger partial charge in [0, 0.05) is 23.2 Å². The van der Waals surface area contributed by atoms with Gasteiger partial charge in [0.05, 0.1) is 6.61 Å². The molecule has 126 valence electrons. The average molecular weight is 348 g/mol. The lowest BCUT2D eigenvalue weighted by Crippen LogP contribution is -2.20. The molecule has 1 aliphatic rings. The van der Waals surface area contributed by atoms with Crippen LogP contribution in [0, 0.1) is 0 Å². The molecule has 2 aromatic carbocycles.